The molecule has 0 radical (unpaired) electrons. The molecule has 0 heterocycles. The lowest BCUT2D eigenvalue weighted by Gasteiger charge is -2.29. The summed E-state index contributed by atoms with van der Waals surface area (Å²) < 4.78 is 23.4. The van der Waals surface area contributed by atoms with Crippen molar-refractivity contribution in [1.82, 2.24) is 0 Å². The maximum absolute atomic E-state index is 12.0. The third kappa shape index (κ3) is 3.95. The zero-order valence-corrected chi connectivity index (χ0v) is 12.3. The van der Waals surface area contributed by atoms with Gasteiger partial charge in [0.2, 0.25) is 5.24 Å². The first-order valence-corrected chi connectivity index (χ1v) is 8.08. The van der Waals surface area contributed by atoms with E-state index in [-0.39, 0.29) is 22.8 Å². The summed E-state index contributed by atoms with van der Waals surface area (Å²) in [6.07, 6.45) is 3.04. The largest absolute Gasteiger partial charge is 0.281 e. The summed E-state index contributed by atoms with van der Waals surface area (Å²) in [5.41, 5.74) is 0. The molecule has 0 N–H and O–H groups in total. The van der Waals surface area contributed by atoms with Crippen LogP contribution in [0.15, 0.2) is 0 Å². The van der Waals surface area contributed by atoms with Crippen molar-refractivity contribution < 1.29 is 13.2 Å². The van der Waals surface area contributed by atoms with E-state index in [1.54, 1.807) is 20.8 Å². The number of sulfone groups is 1. The van der Waals surface area contributed by atoms with Gasteiger partial charge >= 0.3 is 0 Å². The lowest BCUT2D eigenvalue weighted by atomic mass is 9.84. The molecule has 0 aromatic carbocycles. The summed E-state index contributed by atoms with van der Waals surface area (Å²) in [6, 6.07) is 0. The van der Waals surface area contributed by atoms with Crippen molar-refractivity contribution in [3.8, 4) is 0 Å². The molecule has 0 aromatic rings. The number of hydrogen-bond acceptors (Lipinski definition) is 3. The minimum absolute atomic E-state index is 0.0646. The summed E-state index contributed by atoms with van der Waals surface area (Å²) in [6.45, 7) is 5.20. The molecular formula is C12H21ClO3S. The Morgan fingerprint density at radius 3 is 2.00 bits per heavy atom. The molecular weight excluding hydrogens is 260 g/mol. The van der Waals surface area contributed by atoms with Crippen molar-refractivity contribution in [2.45, 2.75) is 51.2 Å². The van der Waals surface area contributed by atoms with Gasteiger partial charge in [-0.3, -0.25) is 4.79 Å². The Morgan fingerprint density at radius 2 is 1.65 bits per heavy atom. The zero-order valence-electron chi connectivity index (χ0n) is 10.7. The van der Waals surface area contributed by atoms with E-state index < -0.39 is 14.6 Å². The van der Waals surface area contributed by atoms with Crippen LogP contribution in [0.5, 0.6) is 0 Å². The minimum atomic E-state index is -3.05. The molecule has 0 aromatic heterocycles. The SMILES string of the molecule is CC(C)(C)S(=O)(=O)CC1CCC(C(=O)Cl)CC1. The second-order valence-electron chi connectivity index (χ2n) is 5.92. The molecule has 0 atom stereocenters. The van der Waals surface area contributed by atoms with Gasteiger partial charge in [0, 0.05) is 5.92 Å². The fraction of sp³-hybridized carbons (Fsp3) is 0.917. The van der Waals surface area contributed by atoms with Gasteiger partial charge in [-0.25, -0.2) is 8.42 Å². The van der Waals surface area contributed by atoms with Crippen molar-refractivity contribution in [3.05, 3.63) is 0 Å². The van der Waals surface area contributed by atoms with Gasteiger partial charge in [-0.2, -0.15) is 0 Å². The molecule has 0 unspecified atom stereocenters. The Labute approximate surface area is 109 Å². The van der Waals surface area contributed by atoms with Gasteiger partial charge in [0.25, 0.3) is 0 Å². The molecule has 0 saturated heterocycles. The number of rotatable bonds is 3. The Balaban J connectivity index is 2.55. The van der Waals surface area contributed by atoms with E-state index in [2.05, 4.69) is 0 Å². The molecule has 0 bridgehead atoms. The maximum atomic E-state index is 12.0. The molecule has 1 fully saturated rings. The number of halogens is 1. The Morgan fingerprint density at radius 1 is 1.18 bits per heavy atom. The van der Waals surface area contributed by atoms with Crippen LogP contribution < -0.4 is 0 Å². The topological polar surface area (TPSA) is 51.2 Å². The Kier molecular flexibility index (Phi) is 4.64. The van der Waals surface area contributed by atoms with Crippen LogP contribution in [0.25, 0.3) is 0 Å². The first-order valence-electron chi connectivity index (χ1n) is 6.05. The van der Waals surface area contributed by atoms with E-state index in [9.17, 15) is 13.2 Å². The monoisotopic (exact) mass is 280 g/mol. The molecule has 1 saturated carbocycles. The van der Waals surface area contributed by atoms with Gasteiger partial charge < -0.3 is 0 Å². The Hall–Kier alpha value is -0.0900. The van der Waals surface area contributed by atoms with Crippen LogP contribution in [-0.4, -0.2) is 24.2 Å². The summed E-state index contributed by atoms with van der Waals surface area (Å²) in [5.74, 6) is 0.358. The zero-order chi connectivity index (χ0) is 13.3. The molecule has 5 heteroatoms. The van der Waals surface area contributed by atoms with Crippen LogP contribution >= 0.6 is 11.6 Å². The highest BCUT2D eigenvalue weighted by molar-refractivity contribution is 7.92. The van der Waals surface area contributed by atoms with Crippen LogP contribution in [0, 0.1) is 11.8 Å². The van der Waals surface area contributed by atoms with Crippen molar-refractivity contribution in [2.75, 3.05) is 5.75 Å². The summed E-state index contributed by atoms with van der Waals surface area (Å²) in [4.78, 5) is 11.0. The summed E-state index contributed by atoms with van der Waals surface area (Å²) in [7, 11) is -3.05. The molecule has 100 valence electrons. The smallest absolute Gasteiger partial charge is 0.224 e. The van der Waals surface area contributed by atoms with Gasteiger partial charge in [-0.05, 0) is 64.0 Å². The van der Waals surface area contributed by atoms with Crippen molar-refractivity contribution in [2.24, 2.45) is 11.8 Å². The Bertz CT molecular complexity index is 373. The second kappa shape index (κ2) is 5.27. The maximum Gasteiger partial charge on any atom is 0.224 e. The molecule has 3 nitrogen and oxygen atoms in total. The summed E-state index contributed by atoms with van der Waals surface area (Å²) in [5, 5.41) is -0.276. The van der Waals surface area contributed by atoms with Gasteiger partial charge in [-0.15, -0.1) is 0 Å². The summed E-state index contributed by atoms with van der Waals surface area (Å²) >= 11 is 5.45. The molecule has 0 amide bonds. The standard InChI is InChI=1S/C12H21ClO3S/c1-12(2,3)17(15,16)8-9-4-6-10(7-5-9)11(13)14/h9-10H,4-8H2,1-3H3. The van der Waals surface area contributed by atoms with Gasteiger partial charge in [0.15, 0.2) is 9.84 Å². The van der Waals surface area contributed by atoms with Crippen molar-refractivity contribution in [1.29, 1.82) is 0 Å². The quantitative estimate of drug-likeness (QED) is 0.747. The van der Waals surface area contributed by atoms with E-state index in [0.717, 1.165) is 25.7 Å². The highest BCUT2D eigenvalue weighted by atomic mass is 35.5. The van der Waals surface area contributed by atoms with E-state index in [0.29, 0.717) is 0 Å². The first-order chi connectivity index (χ1) is 7.63. The minimum Gasteiger partial charge on any atom is -0.281 e. The van der Waals surface area contributed by atoms with E-state index in [1.165, 1.54) is 0 Å². The van der Waals surface area contributed by atoms with Crippen molar-refractivity contribution >= 4 is 26.7 Å². The molecule has 1 aliphatic rings. The fourth-order valence-corrected chi connectivity index (χ4v) is 3.79. The van der Waals surface area contributed by atoms with Crippen LogP contribution in [0.1, 0.15) is 46.5 Å². The first kappa shape index (κ1) is 15.0. The van der Waals surface area contributed by atoms with Gasteiger partial charge in [0.05, 0.1) is 10.5 Å². The van der Waals surface area contributed by atoms with Crippen LogP contribution in [0.2, 0.25) is 0 Å². The van der Waals surface area contributed by atoms with Crippen LogP contribution in [-0.2, 0) is 14.6 Å². The van der Waals surface area contributed by atoms with Crippen LogP contribution in [0.3, 0.4) is 0 Å². The predicted octanol–water partition coefficient (Wildman–Crippen LogP) is 2.77. The number of carbonyl (C=O) groups excluding carboxylic acids is 1. The molecule has 0 spiro atoms. The third-order valence-corrected chi connectivity index (χ3v) is 6.64. The number of hydrogen-bond donors (Lipinski definition) is 0. The average Bonchev–Trinajstić information content (AvgIpc) is 2.16. The van der Waals surface area contributed by atoms with E-state index in [1.807, 2.05) is 0 Å². The molecule has 17 heavy (non-hydrogen) atoms. The predicted molar refractivity (Wildman–Crippen MR) is 69.8 cm³/mol. The fourth-order valence-electron chi connectivity index (χ4n) is 2.12. The highest BCUT2D eigenvalue weighted by Crippen LogP contribution is 2.32. The number of carbonyl (C=O) groups is 1. The average molecular weight is 281 g/mol. The highest BCUT2D eigenvalue weighted by Gasteiger charge is 2.34. The lowest BCUT2D eigenvalue weighted by Crippen LogP contribution is -2.34. The van der Waals surface area contributed by atoms with E-state index >= 15 is 0 Å². The van der Waals surface area contributed by atoms with Crippen LogP contribution in [0.4, 0.5) is 0 Å². The normalized spacial score (nSPS) is 26.8. The van der Waals surface area contributed by atoms with E-state index in [4.69, 9.17) is 11.6 Å². The van der Waals surface area contributed by atoms with Gasteiger partial charge in [0.1, 0.15) is 0 Å². The third-order valence-electron chi connectivity index (χ3n) is 3.56. The second-order valence-corrected chi connectivity index (χ2v) is 9.08. The molecule has 1 rings (SSSR count). The molecule has 1 aliphatic carbocycles. The van der Waals surface area contributed by atoms with Gasteiger partial charge in [-0.1, -0.05) is 0 Å². The van der Waals surface area contributed by atoms with Crippen molar-refractivity contribution in [3.63, 3.8) is 0 Å². The molecule has 0 aliphatic heterocycles. The lowest BCUT2D eigenvalue weighted by molar-refractivity contribution is -0.116.